The van der Waals surface area contributed by atoms with E-state index in [4.69, 9.17) is 0 Å². The Kier molecular flexibility index (Phi) is 6.27. The SMILES string of the molecule is CC(C)C[C@H](CO)NC(=O)[C@H](C)N1[C@@H](C)CC[C@@H]1C. The molecule has 1 rings (SSSR count). The van der Waals surface area contributed by atoms with E-state index < -0.39 is 0 Å². The largest absolute Gasteiger partial charge is 0.394 e. The highest BCUT2D eigenvalue weighted by atomic mass is 16.3. The highest BCUT2D eigenvalue weighted by molar-refractivity contribution is 5.81. The summed E-state index contributed by atoms with van der Waals surface area (Å²) < 4.78 is 0. The van der Waals surface area contributed by atoms with Gasteiger partial charge in [0.25, 0.3) is 0 Å². The minimum Gasteiger partial charge on any atom is -0.394 e. The third-order valence-electron chi connectivity index (χ3n) is 4.17. The summed E-state index contributed by atoms with van der Waals surface area (Å²) in [4.78, 5) is 14.6. The standard InChI is InChI=1S/C15H30N2O2/c1-10(2)8-14(9-18)16-15(19)13(5)17-11(3)6-7-12(17)4/h10-14,18H,6-9H2,1-5H3,(H,16,19)/t11-,12-,13-,14+/m0/s1. The first-order valence-electron chi connectivity index (χ1n) is 7.55. The maximum Gasteiger partial charge on any atom is 0.237 e. The molecule has 1 amide bonds. The number of amides is 1. The van der Waals surface area contributed by atoms with E-state index in [1.165, 1.54) is 0 Å². The zero-order valence-electron chi connectivity index (χ0n) is 13.0. The number of hydrogen-bond acceptors (Lipinski definition) is 3. The molecule has 19 heavy (non-hydrogen) atoms. The number of hydrogen-bond donors (Lipinski definition) is 2. The average Bonchev–Trinajstić information content (AvgIpc) is 2.66. The van der Waals surface area contributed by atoms with E-state index in [2.05, 4.69) is 37.9 Å². The van der Waals surface area contributed by atoms with Crippen molar-refractivity contribution >= 4 is 5.91 Å². The summed E-state index contributed by atoms with van der Waals surface area (Å²) in [6.07, 6.45) is 3.14. The third kappa shape index (κ3) is 4.46. The van der Waals surface area contributed by atoms with E-state index in [0.29, 0.717) is 18.0 Å². The maximum atomic E-state index is 12.3. The van der Waals surface area contributed by atoms with E-state index in [1.54, 1.807) is 0 Å². The van der Waals surface area contributed by atoms with Crippen LogP contribution in [0.1, 0.15) is 53.9 Å². The molecule has 1 aliphatic rings. The van der Waals surface area contributed by atoms with Crippen molar-refractivity contribution in [2.24, 2.45) is 5.92 Å². The molecule has 0 aromatic rings. The normalized spacial score (nSPS) is 27.5. The molecule has 0 aromatic carbocycles. The summed E-state index contributed by atoms with van der Waals surface area (Å²) in [5.41, 5.74) is 0. The van der Waals surface area contributed by atoms with Crippen LogP contribution in [0.2, 0.25) is 0 Å². The van der Waals surface area contributed by atoms with Crippen molar-refractivity contribution in [1.29, 1.82) is 0 Å². The Bertz CT molecular complexity index is 284. The van der Waals surface area contributed by atoms with Crippen LogP contribution < -0.4 is 5.32 Å². The summed E-state index contributed by atoms with van der Waals surface area (Å²) in [5.74, 6) is 0.512. The van der Waals surface area contributed by atoms with Crippen molar-refractivity contribution in [1.82, 2.24) is 10.2 Å². The van der Waals surface area contributed by atoms with Crippen LogP contribution in [0.25, 0.3) is 0 Å². The second-order valence-electron chi connectivity index (χ2n) is 6.42. The lowest BCUT2D eigenvalue weighted by atomic mass is 10.0. The fourth-order valence-electron chi connectivity index (χ4n) is 3.18. The lowest BCUT2D eigenvalue weighted by Crippen LogP contribution is -2.52. The smallest absolute Gasteiger partial charge is 0.237 e. The number of nitrogens with one attached hydrogen (secondary N) is 1. The Labute approximate surface area is 117 Å². The van der Waals surface area contributed by atoms with Crippen molar-refractivity contribution in [3.05, 3.63) is 0 Å². The maximum absolute atomic E-state index is 12.3. The summed E-state index contributed by atoms with van der Waals surface area (Å²) in [7, 11) is 0. The summed E-state index contributed by atoms with van der Waals surface area (Å²) in [6, 6.07) is 0.693. The van der Waals surface area contributed by atoms with Crippen LogP contribution in [0.4, 0.5) is 0 Å². The predicted molar refractivity (Wildman–Crippen MR) is 77.9 cm³/mol. The zero-order chi connectivity index (χ0) is 14.6. The van der Waals surface area contributed by atoms with Crippen LogP contribution >= 0.6 is 0 Å². The summed E-state index contributed by atoms with van der Waals surface area (Å²) >= 11 is 0. The topological polar surface area (TPSA) is 52.6 Å². The number of aliphatic hydroxyl groups excluding tert-OH is 1. The number of carbonyl (C=O) groups is 1. The number of nitrogens with zero attached hydrogens (tertiary/aromatic N) is 1. The molecule has 0 radical (unpaired) electrons. The van der Waals surface area contributed by atoms with Gasteiger partial charge in [0.05, 0.1) is 18.7 Å². The fraction of sp³-hybridized carbons (Fsp3) is 0.933. The van der Waals surface area contributed by atoms with Gasteiger partial charge in [-0.15, -0.1) is 0 Å². The van der Waals surface area contributed by atoms with E-state index >= 15 is 0 Å². The first-order chi connectivity index (χ1) is 8.86. The van der Waals surface area contributed by atoms with Crippen molar-refractivity contribution in [2.75, 3.05) is 6.61 Å². The van der Waals surface area contributed by atoms with Crippen LogP contribution in [0.3, 0.4) is 0 Å². The van der Waals surface area contributed by atoms with Gasteiger partial charge in [-0.1, -0.05) is 13.8 Å². The third-order valence-corrected chi connectivity index (χ3v) is 4.17. The Balaban J connectivity index is 2.56. The Morgan fingerprint density at radius 2 is 1.79 bits per heavy atom. The Hall–Kier alpha value is -0.610. The minimum atomic E-state index is -0.122. The molecule has 1 fully saturated rings. The number of likely N-dealkylation sites (tertiary alicyclic amines) is 1. The van der Waals surface area contributed by atoms with Gasteiger partial charge in [-0.2, -0.15) is 0 Å². The van der Waals surface area contributed by atoms with Gasteiger partial charge in [-0.25, -0.2) is 0 Å². The molecule has 4 heteroatoms. The molecule has 0 aromatic heterocycles. The predicted octanol–water partition coefficient (Wildman–Crippen LogP) is 1.77. The first-order valence-corrected chi connectivity index (χ1v) is 7.55. The van der Waals surface area contributed by atoms with Gasteiger partial charge in [0.1, 0.15) is 0 Å². The molecular weight excluding hydrogens is 240 g/mol. The van der Waals surface area contributed by atoms with E-state index in [-0.39, 0.29) is 24.6 Å². The van der Waals surface area contributed by atoms with Crippen molar-refractivity contribution < 1.29 is 9.90 Å². The van der Waals surface area contributed by atoms with Crippen molar-refractivity contribution in [3.63, 3.8) is 0 Å². The van der Waals surface area contributed by atoms with Gasteiger partial charge in [0, 0.05) is 12.1 Å². The molecule has 2 N–H and O–H groups in total. The van der Waals surface area contributed by atoms with Gasteiger partial charge in [-0.05, 0) is 46.0 Å². The van der Waals surface area contributed by atoms with Crippen molar-refractivity contribution in [2.45, 2.75) is 78.0 Å². The highest BCUT2D eigenvalue weighted by Gasteiger charge is 2.34. The van der Waals surface area contributed by atoms with Gasteiger partial charge in [-0.3, -0.25) is 9.69 Å². The molecule has 0 saturated carbocycles. The average molecular weight is 270 g/mol. The molecule has 1 saturated heterocycles. The van der Waals surface area contributed by atoms with Crippen LogP contribution in [0.5, 0.6) is 0 Å². The molecule has 0 unspecified atom stereocenters. The quantitative estimate of drug-likeness (QED) is 0.773. The van der Waals surface area contributed by atoms with Gasteiger partial charge in [0.15, 0.2) is 0 Å². The number of carbonyl (C=O) groups excluding carboxylic acids is 1. The van der Waals surface area contributed by atoms with Crippen LogP contribution in [-0.4, -0.2) is 46.7 Å². The lowest BCUT2D eigenvalue weighted by molar-refractivity contribution is -0.128. The van der Waals surface area contributed by atoms with Crippen LogP contribution in [-0.2, 0) is 4.79 Å². The van der Waals surface area contributed by atoms with Crippen molar-refractivity contribution in [3.8, 4) is 0 Å². The second kappa shape index (κ2) is 7.25. The van der Waals surface area contributed by atoms with E-state index in [1.807, 2.05) is 6.92 Å². The molecule has 4 nitrogen and oxygen atoms in total. The van der Waals surface area contributed by atoms with E-state index in [0.717, 1.165) is 19.3 Å². The molecule has 0 spiro atoms. The number of aliphatic hydroxyl groups is 1. The van der Waals surface area contributed by atoms with Crippen LogP contribution in [0.15, 0.2) is 0 Å². The molecule has 4 atom stereocenters. The Morgan fingerprint density at radius 1 is 1.26 bits per heavy atom. The highest BCUT2D eigenvalue weighted by Crippen LogP contribution is 2.25. The first kappa shape index (κ1) is 16.4. The molecule has 1 aliphatic heterocycles. The van der Waals surface area contributed by atoms with Crippen LogP contribution in [0, 0.1) is 5.92 Å². The minimum absolute atomic E-state index is 0.0156. The zero-order valence-corrected chi connectivity index (χ0v) is 13.0. The van der Waals surface area contributed by atoms with Gasteiger partial charge >= 0.3 is 0 Å². The second-order valence-corrected chi connectivity index (χ2v) is 6.42. The molecule has 0 bridgehead atoms. The fourth-order valence-corrected chi connectivity index (χ4v) is 3.18. The monoisotopic (exact) mass is 270 g/mol. The van der Waals surface area contributed by atoms with E-state index in [9.17, 15) is 9.90 Å². The summed E-state index contributed by atoms with van der Waals surface area (Å²) in [6.45, 7) is 10.6. The van der Waals surface area contributed by atoms with Gasteiger partial charge < -0.3 is 10.4 Å². The summed E-state index contributed by atoms with van der Waals surface area (Å²) in [5, 5.41) is 12.3. The lowest BCUT2D eigenvalue weighted by Gasteiger charge is -2.32. The van der Waals surface area contributed by atoms with Gasteiger partial charge in [0.2, 0.25) is 5.91 Å². The molecule has 112 valence electrons. The molecular formula is C15H30N2O2. The molecule has 1 heterocycles. The Morgan fingerprint density at radius 3 is 2.21 bits per heavy atom. The molecule has 0 aliphatic carbocycles. The number of rotatable bonds is 6.